The molecule has 2 aromatic rings. The van der Waals surface area contributed by atoms with Crippen molar-refractivity contribution >= 4 is 11.9 Å². The second-order valence-corrected chi connectivity index (χ2v) is 6.91. The van der Waals surface area contributed by atoms with E-state index in [9.17, 15) is 14.7 Å². The van der Waals surface area contributed by atoms with Crippen molar-refractivity contribution in [2.24, 2.45) is 5.41 Å². The topological polar surface area (TPSA) is 75.4 Å². The summed E-state index contributed by atoms with van der Waals surface area (Å²) in [6.45, 7) is 2.66. The highest BCUT2D eigenvalue weighted by molar-refractivity contribution is 5.79. The van der Waals surface area contributed by atoms with Crippen molar-refractivity contribution in [2.45, 2.75) is 32.6 Å². The number of para-hydroxylation sites is 1. The first-order chi connectivity index (χ1) is 12.0. The van der Waals surface area contributed by atoms with Gasteiger partial charge in [0, 0.05) is 25.7 Å². The van der Waals surface area contributed by atoms with Crippen LogP contribution in [0.4, 0.5) is 0 Å². The van der Waals surface area contributed by atoms with E-state index in [1.54, 1.807) is 22.7 Å². The minimum Gasteiger partial charge on any atom is -0.481 e. The molecule has 0 spiro atoms. The summed E-state index contributed by atoms with van der Waals surface area (Å²) < 4.78 is 1.79. The van der Waals surface area contributed by atoms with Gasteiger partial charge in [0.1, 0.15) is 0 Å². The van der Waals surface area contributed by atoms with E-state index in [0.29, 0.717) is 32.4 Å². The zero-order valence-corrected chi connectivity index (χ0v) is 14.4. The van der Waals surface area contributed by atoms with Crippen LogP contribution in [0.1, 0.15) is 31.7 Å². The van der Waals surface area contributed by atoms with E-state index in [1.807, 2.05) is 36.5 Å². The van der Waals surface area contributed by atoms with Gasteiger partial charge >= 0.3 is 5.97 Å². The lowest BCUT2D eigenvalue weighted by molar-refractivity contribution is -0.153. The van der Waals surface area contributed by atoms with Gasteiger partial charge in [0.15, 0.2) is 0 Å². The SMILES string of the molecule is CC1(C(=O)O)CCCN(C(=O)CCc2cnn(-c3ccccc3)c2)C1. The van der Waals surface area contributed by atoms with E-state index in [4.69, 9.17) is 0 Å². The lowest BCUT2D eigenvalue weighted by Crippen LogP contribution is -2.48. The molecule has 0 bridgehead atoms. The number of rotatable bonds is 5. The maximum atomic E-state index is 12.5. The predicted molar refractivity (Wildman–Crippen MR) is 93.4 cm³/mol. The van der Waals surface area contributed by atoms with Crippen LogP contribution in [0.5, 0.6) is 0 Å². The molecule has 1 saturated heterocycles. The van der Waals surface area contributed by atoms with Crippen LogP contribution in [-0.4, -0.2) is 44.8 Å². The van der Waals surface area contributed by atoms with E-state index in [-0.39, 0.29) is 5.91 Å². The number of aromatic nitrogens is 2. The highest BCUT2D eigenvalue weighted by Gasteiger charge is 2.39. The summed E-state index contributed by atoms with van der Waals surface area (Å²) >= 11 is 0. The number of carbonyl (C=O) groups is 2. The summed E-state index contributed by atoms with van der Waals surface area (Å²) in [6.07, 6.45) is 6.04. The maximum absolute atomic E-state index is 12.5. The highest BCUT2D eigenvalue weighted by atomic mass is 16.4. The van der Waals surface area contributed by atoms with Crippen LogP contribution >= 0.6 is 0 Å². The van der Waals surface area contributed by atoms with Gasteiger partial charge in [-0.15, -0.1) is 0 Å². The molecule has 3 rings (SSSR count). The van der Waals surface area contributed by atoms with Crippen molar-refractivity contribution in [1.29, 1.82) is 0 Å². The third-order valence-corrected chi connectivity index (χ3v) is 4.85. The molecule has 6 nitrogen and oxygen atoms in total. The van der Waals surface area contributed by atoms with Crippen LogP contribution in [0.25, 0.3) is 5.69 Å². The molecule has 25 heavy (non-hydrogen) atoms. The Morgan fingerprint density at radius 1 is 1.28 bits per heavy atom. The monoisotopic (exact) mass is 341 g/mol. The van der Waals surface area contributed by atoms with Gasteiger partial charge in [-0.2, -0.15) is 5.10 Å². The minimum absolute atomic E-state index is 0.0136. The molecule has 1 aromatic carbocycles. The zero-order chi connectivity index (χ0) is 17.9. The first-order valence-electron chi connectivity index (χ1n) is 8.58. The van der Waals surface area contributed by atoms with Crippen molar-refractivity contribution in [3.05, 3.63) is 48.3 Å². The molecule has 0 saturated carbocycles. The fraction of sp³-hybridized carbons (Fsp3) is 0.421. The molecule has 132 valence electrons. The molecule has 2 heterocycles. The molecule has 1 N–H and O–H groups in total. The van der Waals surface area contributed by atoms with E-state index >= 15 is 0 Å². The number of carboxylic acid groups (broad SMARTS) is 1. The Labute approximate surface area is 147 Å². The van der Waals surface area contributed by atoms with Gasteiger partial charge < -0.3 is 10.0 Å². The standard InChI is InChI=1S/C19H23N3O3/c1-19(18(24)25)10-5-11-21(14-19)17(23)9-8-15-12-20-22(13-15)16-6-3-2-4-7-16/h2-4,6-7,12-13H,5,8-11,14H2,1H3,(H,24,25). The quantitative estimate of drug-likeness (QED) is 0.907. The number of carbonyl (C=O) groups excluding carboxylic acids is 1. The molecule has 0 radical (unpaired) electrons. The van der Waals surface area contributed by atoms with Gasteiger partial charge in [-0.05, 0) is 43.9 Å². The van der Waals surface area contributed by atoms with Gasteiger partial charge in [-0.25, -0.2) is 4.68 Å². The minimum atomic E-state index is -0.827. The highest BCUT2D eigenvalue weighted by Crippen LogP contribution is 2.30. The van der Waals surface area contributed by atoms with Gasteiger partial charge in [0.25, 0.3) is 0 Å². The molecule has 1 atom stereocenters. The zero-order valence-electron chi connectivity index (χ0n) is 14.4. The van der Waals surface area contributed by atoms with Crippen molar-refractivity contribution in [2.75, 3.05) is 13.1 Å². The molecule has 1 aliphatic rings. The summed E-state index contributed by atoms with van der Waals surface area (Å²) in [7, 11) is 0. The molecule has 0 aliphatic carbocycles. The lowest BCUT2D eigenvalue weighted by Gasteiger charge is -2.37. The van der Waals surface area contributed by atoms with Crippen LogP contribution in [0.3, 0.4) is 0 Å². The average Bonchev–Trinajstić information content (AvgIpc) is 3.09. The van der Waals surface area contributed by atoms with E-state index in [0.717, 1.165) is 17.7 Å². The molecule has 6 heteroatoms. The summed E-state index contributed by atoms with van der Waals surface area (Å²) in [6, 6.07) is 9.81. The van der Waals surface area contributed by atoms with Crippen molar-refractivity contribution in [1.82, 2.24) is 14.7 Å². The Balaban J connectivity index is 1.58. The summed E-state index contributed by atoms with van der Waals surface area (Å²) in [5, 5.41) is 13.7. The summed E-state index contributed by atoms with van der Waals surface area (Å²) in [5.74, 6) is -0.811. The lowest BCUT2D eigenvalue weighted by atomic mass is 9.82. The Hall–Kier alpha value is -2.63. The third kappa shape index (κ3) is 3.90. The number of aliphatic carboxylic acids is 1. The van der Waals surface area contributed by atoms with Crippen LogP contribution in [-0.2, 0) is 16.0 Å². The van der Waals surface area contributed by atoms with Gasteiger partial charge in [0.05, 0.1) is 17.3 Å². The smallest absolute Gasteiger partial charge is 0.311 e. The second-order valence-electron chi connectivity index (χ2n) is 6.91. The normalized spacial score (nSPS) is 20.4. The van der Waals surface area contributed by atoms with E-state index in [1.165, 1.54) is 0 Å². The number of piperidine rings is 1. The van der Waals surface area contributed by atoms with Crippen molar-refractivity contribution in [3.63, 3.8) is 0 Å². The first kappa shape index (κ1) is 17.2. The van der Waals surface area contributed by atoms with Crippen molar-refractivity contribution in [3.8, 4) is 5.69 Å². The molecular weight excluding hydrogens is 318 g/mol. The number of amides is 1. The molecule has 1 amide bonds. The van der Waals surface area contributed by atoms with Crippen molar-refractivity contribution < 1.29 is 14.7 Å². The molecule has 1 aromatic heterocycles. The Morgan fingerprint density at radius 2 is 2.04 bits per heavy atom. The van der Waals surface area contributed by atoms with E-state index < -0.39 is 11.4 Å². The second kappa shape index (κ2) is 7.09. The summed E-state index contributed by atoms with van der Waals surface area (Å²) in [5.41, 5.74) is 1.15. The average molecular weight is 341 g/mol. The molecular formula is C19H23N3O3. The third-order valence-electron chi connectivity index (χ3n) is 4.85. The molecule has 1 unspecified atom stereocenters. The number of aryl methyl sites for hydroxylation is 1. The fourth-order valence-electron chi connectivity index (χ4n) is 3.25. The number of hydrogen-bond acceptors (Lipinski definition) is 3. The van der Waals surface area contributed by atoms with Gasteiger partial charge in [-0.1, -0.05) is 18.2 Å². The Kier molecular flexibility index (Phi) is 4.88. The number of hydrogen-bond donors (Lipinski definition) is 1. The first-order valence-corrected chi connectivity index (χ1v) is 8.58. The fourth-order valence-corrected chi connectivity index (χ4v) is 3.25. The van der Waals surface area contributed by atoms with Gasteiger partial charge in [-0.3, -0.25) is 9.59 Å². The van der Waals surface area contributed by atoms with Gasteiger partial charge in [0.2, 0.25) is 5.91 Å². The van der Waals surface area contributed by atoms with Crippen LogP contribution in [0.2, 0.25) is 0 Å². The number of likely N-dealkylation sites (tertiary alicyclic amines) is 1. The van der Waals surface area contributed by atoms with Crippen LogP contribution in [0, 0.1) is 5.41 Å². The summed E-state index contributed by atoms with van der Waals surface area (Å²) in [4.78, 5) is 25.6. The van der Waals surface area contributed by atoms with E-state index in [2.05, 4.69) is 5.10 Å². The Bertz CT molecular complexity index is 756. The number of nitrogens with zero attached hydrogens (tertiary/aromatic N) is 3. The number of carboxylic acids is 1. The number of benzene rings is 1. The predicted octanol–water partition coefficient (Wildman–Crippen LogP) is 2.52. The molecule has 1 fully saturated rings. The van der Waals surface area contributed by atoms with Crippen LogP contribution < -0.4 is 0 Å². The Morgan fingerprint density at radius 3 is 2.76 bits per heavy atom. The van der Waals surface area contributed by atoms with Crippen LogP contribution in [0.15, 0.2) is 42.7 Å². The largest absolute Gasteiger partial charge is 0.481 e. The molecule has 1 aliphatic heterocycles. The maximum Gasteiger partial charge on any atom is 0.311 e.